The second-order valence-electron chi connectivity index (χ2n) is 5.31. The summed E-state index contributed by atoms with van der Waals surface area (Å²) in [4.78, 5) is 26.7. The molecule has 108 valence electrons. The number of carbonyl (C=O) groups is 2. The highest BCUT2D eigenvalue weighted by Gasteiger charge is 2.34. The lowest BCUT2D eigenvalue weighted by Crippen LogP contribution is -2.27. The second kappa shape index (κ2) is 4.90. The Bertz CT molecular complexity index is 559. The van der Waals surface area contributed by atoms with E-state index < -0.39 is 17.9 Å². The Balaban J connectivity index is 2.01. The molecule has 3 heterocycles. The molecular weight excluding hydrogens is 264 g/mol. The van der Waals surface area contributed by atoms with Gasteiger partial charge in [0.1, 0.15) is 5.82 Å². The van der Waals surface area contributed by atoms with Crippen molar-refractivity contribution in [2.45, 2.75) is 31.7 Å². The first kappa shape index (κ1) is 13.1. The summed E-state index contributed by atoms with van der Waals surface area (Å²) in [6.07, 6.45) is 1.58. The van der Waals surface area contributed by atoms with Gasteiger partial charge in [0.05, 0.1) is 18.2 Å². The molecule has 0 aromatic carbocycles. The third-order valence-electron chi connectivity index (χ3n) is 4.09. The van der Waals surface area contributed by atoms with Crippen LogP contribution in [-0.2, 0) is 22.5 Å². The van der Waals surface area contributed by atoms with E-state index in [0.29, 0.717) is 31.9 Å². The summed E-state index contributed by atoms with van der Waals surface area (Å²) in [5, 5.41) is 18.4. The predicted molar refractivity (Wildman–Crippen MR) is 66.8 cm³/mol. The number of nitrogens with zero attached hydrogens (tertiary/aromatic N) is 2. The number of aromatic nitrogens is 2. The molecule has 0 saturated carbocycles. The Morgan fingerprint density at radius 3 is 2.70 bits per heavy atom. The van der Waals surface area contributed by atoms with Crippen LogP contribution in [0.15, 0.2) is 0 Å². The van der Waals surface area contributed by atoms with Gasteiger partial charge in [-0.15, -0.1) is 0 Å². The number of carboxylic acids is 2. The van der Waals surface area contributed by atoms with E-state index in [1.54, 1.807) is 0 Å². The molecule has 1 saturated heterocycles. The minimum absolute atomic E-state index is 0.00199. The molecule has 1 aromatic heterocycles. The number of ether oxygens (including phenoxy) is 1. The number of rotatable bonds is 3. The standard InChI is InChI=1S/C13H16N2O5/c16-12(17)7-1-3-15-9(5-7)10(13(18)19)14-11(15)8-2-4-20-6-8/h7-8H,1-6H2,(H,16,17)(H,18,19). The van der Waals surface area contributed by atoms with Gasteiger partial charge in [0.15, 0.2) is 5.69 Å². The van der Waals surface area contributed by atoms with Crippen LogP contribution in [0.5, 0.6) is 0 Å². The molecule has 3 rings (SSSR count). The Hall–Kier alpha value is -1.89. The maximum absolute atomic E-state index is 11.3. The van der Waals surface area contributed by atoms with Crippen LogP contribution in [0, 0.1) is 5.92 Å². The van der Waals surface area contributed by atoms with E-state index >= 15 is 0 Å². The fourth-order valence-corrected chi connectivity index (χ4v) is 3.01. The highest BCUT2D eigenvalue weighted by atomic mass is 16.5. The van der Waals surface area contributed by atoms with Crippen molar-refractivity contribution in [3.8, 4) is 0 Å². The first-order valence-electron chi connectivity index (χ1n) is 6.71. The fourth-order valence-electron chi connectivity index (χ4n) is 3.01. The predicted octanol–water partition coefficient (Wildman–Crippen LogP) is 0.732. The van der Waals surface area contributed by atoms with Crippen LogP contribution in [0.1, 0.15) is 40.8 Å². The lowest BCUT2D eigenvalue weighted by atomic mass is 9.95. The smallest absolute Gasteiger partial charge is 0.356 e. The molecule has 20 heavy (non-hydrogen) atoms. The van der Waals surface area contributed by atoms with Crippen LogP contribution < -0.4 is 0 Å². The summed E-state index contributed by atoms with van der Waals surface area (Å²) < 4.78 is 7.23. The van der Waals surface area contributed by atoms with Crippen molar-refractivity contribution in [1.29, 1.82) is 0 Å². The minimum Gasteiger partial charge on any atom is -0.481 e. The summed E-state index contributed by atoms with van der Waals surface area (Å²) >= 11 is 0. The van der Waals surface area contributed by atoms with Crippen molar-refractivity contribution in [3.63, 3.8) is 0 Å². The minimum atomic E-state index is -1.09. The number of imidazole rings is 1. The van der Waals surface area contributed by atoms with Crippen molar-refractivity contribution in [2.24, 2.45) is 5.92 Å². The Kier molecular flexibility index (Phi) is 3.21. The van der Waals surface area contributed by atoms with Gasteiger partial charge >= 0.3 is 11.9 Å². The van der Waals surface area contributed by atoms with Gasteiger partial charge in [-0.2, -0.15) is 0 Å². The van der Waals surface area contributed by atoms with Crippen molar-refractivity contribution < 1.29 is 24.5 Å². The normalized spacial score (nSPS) is 25.4. The van der Waals surface area contributed by atoms with E-state index in [4.69, 9.17) is 9.84 Å². The number of aromatic carboxylic acids is 1. The van der Waals surface area contributed by atoms with Gasteiger partial charge in [-0.05, 0) is 12.8 Å². The number of aliphatic carboxylic acids is 1. The van der Waals surface area contributed by atoms with Gasteiger partial charge in [-0.3, -0.25) is 4.79 Å². The van der Waals surface area contributed by atoms with E-state index in [-0.39, 0.29) is 18.0 Å². The lowest BCUT2D eigenvalue weighted by molar-refractivity contribution is -0.142. The molecule has 0 radical (unpaired) electrons. The maximum atomic E-state index is 11.3. The molecule has 0 amide bonds. The molecule has 1 aromatic rings. The van der Waals surface area contributed by atoms with Crippen LogP contribution >= 0.6 is 0 Å². The molecule has 2 unspecified atom stereocenters. The molecule has 0 aliphatic carbocycles. The first-order chi connectivity index (χ1) is 9.58. The first-order valence-corrected chi connectivity index (χ1v) is 6.71. The van der Waals surface area contributed by atoms with E-state index in [2.05, 4.69) is 4.98 Å². The molecule has 0 bridgehead atoms. The third kappa shape index (κ3) is 2.07. The van der Waals surface area contributed by atoms with E-state index in [9.17, 15) is 14.7 Å². The summed E-state index contributed by atoms with van der Waals surface area (Å²) in [6, 6.07) is 0. The number of carboxylic acid groups (broad SMARTS) is 2. The summed E-state index contributed by atoms with van der Waals surface area (Å²) in [5.74, 6) is -1.64. The largest absolute Gasteiger partial charge is 0.481 e. The van der Waals surface area contributed by atoms with Gasteiger partial charge in [0, 0.05) is 25.5 Å². The monoisotopic (exact) mass is 280 g/mol. The molecule has 2 aliphatic rings. The highest BCUT2D eigenvalue weighted by molar-refractivity contribution is 5.87. The van der Waals surface area contributed by atoms with Gasteiger partial charge in [0.2, 0.25) is 0 Å². The summed E-state index contributed by atoms with van der Waals surface area (Å²) in [6.45, 7) is 1.73. The van der Waals surface area contributed by atoms with Crippen LogP contribution in [0.25, 0.3) is 0 Å². The maximum Gasteiger partial charge on any atom is 0.356 e. The zero-order chi connectivity index (χ0) is 14.3. The van der Waals surface area contributed by atoms with Crippen LogP contribution in [0.2, 0.25) is 0 Å². The van der Waals surface area contributed by atoms with E-state index in [1.807, 2.05) is 4.57 Å². The fraction of sp³-hybridized carbons (Fsp3) is 0.615. The summed E-state index contributed by atoms with van der Waals surface area (Å²) in [7, 11) is 0. The topological polar surface area (TPSA) is 102 Å². The average molecular weight is 280 g/mol. The molecule has 1 fully saturated rings. The van der Waals surface area contributed by atoms with Gasteiger partial charge in [0.25, 0.3) is 0 Å². The quantitative estimate of drug-likeness (QED) is 0.846. The highest BCUT2D eigenvalue weighted by Crippen LogP contribution is 2.31. The average Bonchev–Trinajstić information content (AvgIpc) is 3.04. The number of hydrogen-bond acceptors (Lipinski definition) is 4. The third-order valence-corrected chi connectivity index (χ3v) is 4.09. The van der Waals surface area contributed by atoms with Crippen molar-refractivity contribution in [1.82, 2.24) is 9.55 Å². The molecule has 2 aliphatic heterocycles. The SMILES string of the molecule is O=C(O)c1nc(C2CCOC2)n2c1CC(C(=O)O)CC2. The van der Waals surface area contributed by atoms with Gasteiger partial charge in [-0.25, -0.2) is 9.78 Å². The zero-order valence-corrected chi connectivity index (χ0v) is 10.9. The molecule has 7 heteroatoms. The van der Waals surface area contributed by atoms with Crippen LogP contribution in [-0.4, -0.2) is 44.9 Å². The lowest BCUT2D eigenvalue weighted by Gasteiger charge is -2.23. The van der Waals surface area contributed by atoms with Crippen LogP contribution in [0.3, 0.4) is 0 Å². The molecule has 2 N–H and O–H groups in total. The van der Waals surface area contributed by atoms with E-state index in [1.165, 1.54) is 0 Å². The number of hydrogen-bond donors (Lipinski definition) is 2. The number of fused-ring (bicyclic) bond motifs is 1. The molecule has 2 atom stereocenters. The van der Waals surface area contributed by atoms with Gasteiger partial charge < -0.3 is 19.5 Å². The molecule has 7 nitrogen and oxygen atoms in total. The Morgan fingerprint density at radius 2 is 2.10 bits per heavy atom. The Morgan fingerprint density at radius 1 is 1.30 bits per heavy atom. The van der Waals surface area contributed by atoms with Gasteiger partial charge in [-0.1, -0.05) is 0 Å². The van der Waals surface area contributed by atoms with Crippen molar-refractivity contribution >= 4 is 11.9 Å². The van der Waals surface area contributed by atoms with Crippen LogP contribution in [0.4, 0.5) is 0 Å². The summed E-state index contributed by atoms with van der Waals surface area (Å²) in [5.41, 5.74) is 0.538. The Labute approximate surface area is 115 Å². The molecular formula is C13H16N2O5. The van der Waals surface area contributed by atoms with Crippen molar-refractivity contribution in [2.75, 3.05) is 13.2 Å². The van der Waals surface area contributed by atoms with E-state index in [0.717, 1.165) is 12.2 Å². The zero-order valence-electron chi connectivity index (χ0n) is 10.9. The molecule has 0 spiro atoms. The second-order valence-corrected chi connectivity index (χ2v) is 5.31. The van der Waals surface area contributed by atoms with Crippen molar-refractivity contribution in [3.05, 3.63) is 17.2 Å².